The van der Waals surface area contributed by atoms with Crippen LogP contribution in [0.25, 0.3) is 6.08 Å². The number of nitrogens with one attached hydrogen (secondary N) is 1. The lowest BCUT2D eigenvalue weighted by atomic mass is 10.1. The summed E-state index contributed by atoms with van der Waals surface area (Å²) >= 11 is 0. The molecule has 20 heavy (non-hydrogen) atoms. The zero-order chi connectivity index (χ0) is 14.4. The zero-order valence-corrected chi connectivity index (χ0v) is 11.2. The van der Waals surface area contributed by atoms with Crippen LogP contribution in [0.3, 0.4) is 0 Å². The van der Waals surface area contributed by atoms with Crippen molar-refractivity contribution in [2.45, 2.75) is 13.0 Å². The van der Waals surface area contributed by atoms with E-state index >= 15 is 0 Å². The minimum Gasteiger partial charge on any atom is -0.346 e. The average molecular weight is 269 g/mol. The van der Waals surface area contributed by atoms with Crippen LogP contribution in [0.2, 0.25) is 0 Å². The second-order valence-corrected chi connectivity index (χ2v) is 4.53. The van der Waals surface area contributed by atoms with Crippen molar-refractivity contribution in [1.29, 1.82) is 0 Å². The molecule has 1 unspecified atom stereocenters. The van der Waals surface area contributed by atoms with Gasteiger partial charge in [0.15, 0.2) is 0 Å². The highest BCUT2D eigenvalue weighted by Gasteiger charge is 2.06. The third-order valence-electron chi connectivity index (χ3n) is 2.96. The molecule has 0 aromatic heterocycles. The Balaban J connectivity index is 1.94. The van der Waals surface area contributed by atoms with Gasteiger partial charge in [-0.05, 0) is 36.3 Å². The molecule has 0 fully saturated rings. The summed E-state index contributed by atoms with van der Waals surface area (Å²) in [4.78, 5) is 11.8. The number of rotatable bonds is 4. The van der Waals surface area contributed by atoms with Gasteiger partial charge in [0.05, 0.1) is 6.04 Å². The summed E-state index contributed by atoms with van der Waals surface area (Å²) in [7, 11) is 0. The largest absolute Gasteiger partial charge is 0.346 e. The van der Waals surface area contributed by atoms with Crippen molar-refractivity contribution in [2.24, 2.45) is 0 Å². The normalized spacial score (nSPS) is 12.3. The number of halogens is 1. The van der Waals surface area contributed by atoms with Crippen molar-refractivity contribution in [1.82, 2.24) is 5.32 Å². The standard InChI is InChI=1S/C17H16FNO/c1-13(15-5-3-2-4-6-15)19-17(20)12-9-14-7-10-16(18)11-8-14/h2-13H,1H3,(H,19,20). The van der Waals surface area contributed by atoms with Crippen molar-refractivity contribution in [3.63, 3.8) is 0 Å². The summed E-state index contributed by atoms with van der Waals surface area (Å²) in [5.41, 5.74) is 1.84. The van der Waals surface area contributed by atoms with E-state index in [0.717, 1.165) is 11.1 Å². The van der Waals surface area contributed by atoms with Crippen LogP contribution < -0.4 is 5.32 Å². The van der Waals surface area contributed by atoms with Crippen LogP contribution in [0, 0.1) is 5.82 Å². The van der Waals surface area contributed by atoms with Crippen LogP contribution in [0.1, 0.15) is 24.1 Å². The first-order valence-corrected chi connectivity index (χ1v) is 6.44. The highest BCUT2D eigenvalue weighted by molar-refractivity contribution is 5.91. The SMILES string of the molecule is CC(NC(=O)C=Cc1ccc(F)cc1)c1ccccc1. The van der Waals surface area contributed by atoms with Crippen molar-refractivity contribution in [3.05, 3.63) is 77.6 Å². The van der Waals surface area contributed by atoms with Gasteiger partial charge < -0.3 is 5.32 Å². The fourth-order valence-electron chi connectivity index (χ4n) is 1.83. The number of amides is 1. The maximum absolute atomic E-state index is 12.7. The quantitative estimate of drug-likeness (QED) is 0.842. The molecule has 102 valence electrons. The molecule has 0 bridgehead atoms. The molecule has 0 aliphatic rings. The van der Waals surface area contributed by atoms with Crippen LogP contribution in [-0.2, 0) is 4.79 Å². The second kappa shape index (κ2) is 6.66. The number of carbonyl (C=O) groups excluding carboxylic acids is 1. The lowest BCUT2D eigenvalue weighted by Crippen LogP contribution is -2.24. The Labute approximate surface area is 118 Å². The number of benzene rings is 2. The Morgan fingerprint density at radius 1 is 1.10 bits per heavy atom. The predicted octanol–water partition coefficient (Wildman–Crippen LogP) is 3.72. The summed E-state index contributed by atoms with van der Waals surface area (Å²) in [6.45, 7) is 1.93. The van der Waals surface area contributed by atoms with E-state index in [1.165, 1.54) is 18.2 Å². The molecule has 2 rings (SSSR count). The topological polar surface area (TPSA) is 29.1 Å². The maximum Gasteiger partial charge on any atom is 0.244 e. The highest BCUT2D eigenvalue weighted by Crippen LogP contribution is 2.11. The smallest absolute Gasteiger partial charge is 0.244 e. The first-order chi connectivity index (χ1) is 9.65. The average Bonchev–Trinajstić information content (AvgIpc) is 2.47. The van der Waals surface area contributed by atoms with E-state index in [0.29, 0.717) is 0 Å². The van der Waals surface area contributed by atoms with Gasteiger partial charge in [-0.3, -0.25) is 4.79 Å². The summed E-state index contributed by atoms with van der Waals surface area (Å²) < 4.78 is 12.7. The molecule has 2 nitrogen and oxygen atoms in total. The maximum atomic E-state index is 12.7. The summed E-state index contributed by atoms with van der Waals surface area (Å²) in [5.74, 6) is -0.463. The predicted molar refractivity (Wildman–Crippen MR) is 78.4 cm³/mol. The Bertz CT molecular complexity index is 590. The van der Waals surface area contributed by atoms with Crippen LogP contribution in [-0.4, -0.2) is 5.91 Å². The van der Waals surface area contributed by atoms with Gasteiger partial charge in [-0.25, -0.2) is 4.39 Å². The van der Waals surface area contributed by atoms with Crippen LogP contribution in [0.15, 0.2) is 60.7 Å². The van der Waals surface area contributed by atoms with E-state index in [9.17, 15) is 9.18 Å². The molecule has 0 aliphatic heterocycles. The summed E-state index contributed by atoms with van der Waals surface area (Å²) in [5, 5.41) is 2.88. The Morgan fingerprint density at radius 3 is 2.40 bits per heavy atom. The monoisotopic (exact) mass is 269 g/mol. The van der Waals surface area contributed by atoms with Gasteiger partial charge in [0.25, 0.3) is 0 Å². The van der Waals surface area contributed by atoms with E-state index in [-0.39, 0.29) is 17.8 Å². The molecule has 2 aromatic carbocycles. The molecule has 0 heterocycles. The van der Waals surface area contributed by atoms with Gasteiger partial charge in [0, 0.05) is 6.08 Å². The summed E-state index contributed by atoms with van der Waals surface area (Å²) in [6, 6.07) is 15.7. The molecular formula is C17H16FNO. The van der Waals surface area contributed by atoms with Gasteiger partial charge >= 0.3 is 0 Å². The highest BCUT2D eigenvalue weighted by atomic mass is 19.1. The van der Waals surface area contributed by atoms with Gasteiger partial charge in [0.1, 0.15) is 5.82 Å². The molecule has 1 atom stereocenters. The molecule has 1 amide bonds. The third-order valence-corrected chi connectivity index (χ3v) is 2.96. The Morgan fingerprint density at radius 2 is 1.75 bits per heavy atom. The molecule has 1 N–H and O–H groups in total. The zero-order valence-electron chi connectivity index (χ0n) is 11.2. The molecule has 0 saturated heterocycles. The van der Waals surface area contributed by atoms with Crippen molar-refractivity contribution >= 4 is 12.0 Å². The first-order valence-electron chi connectivity index (χ1n) is 6.44. The molecule has 0 saturated carbocycles. The number of carbonyl (C=O) groups is 1. The molecular weight excluding hydrogens is 253 g/mol. The van der Waals surface area contributed by atoms with E-state index in [1.807, 2.05) is 37.3 Å². The van der Waals surface area contributed by atoms with E-state index in [1.54, 1.807) is 18.2 Å². The Hall–Kier alpha value is -2.42. The fraction of sp³-hybridized carbons (Fsp3) is 0.118. The second-order valence-electron chi connectivity index (χ2n) is 4.53. The lowest BCUT2D eigenvalue weighted by Gasteiger charge is -2.12. The summed E-state index contributed by atoms with van der Waals surface area (Å²) in [6.07, 6.45) is 3.11. The fourth-order valence-corrected chi connectivity index (χ4v) is 1.83. The van der Waals surface area contributed by atoms with Crippen LogP contribution >= 0.6 is 0 Å². The van der Waals surface area contributed by atoms with E-state index in [4.69, 9.17) is 0 Å². The van der Waals surface area contributed by atoms with E-state index < -0.39 is 0 Å². The van der Waals surface area contributed by atoms with Crippen LogP contribution in [0.5, 0.6) is 0 Å². The molecule has 0 spiro atoms. The third kappa shape index (κ3) is 4.05. The molecule has 3 heteroatoms. The lowest BCUT2D eigenvalue weighted by molar-refractivity contribution is -0.117. The van der Waals surface area contributed by atoms with Crippen molar-refractivity contribution in [3.8, 4) is 0 Å². The van der Waals surface area contributed by atoms with Crippen LogP contribution in [0.4, 0.5) is 4.39 Å². The van der Waals surface area contributed by atoms with E-state index in [2.05, 4.69) is 5.32 Å². The van der Waals surface area contributed by atoms with Gasteiger partial charge in [-0.15, -0.1) is 0 Å². The molecule has 0 radical (unpaired) electrons. The first kappa shape index (κ1) is 14.0. The minimum absolute atomic E-state index is 0.0541. The van der Waals surface area contributed by atoms with Gasteiger partial charge in [-0.2, -0.15) is 0 Å². The van der Waals surface area contributed by atoms with Gasteiger partial charge in [0.2, 0.25) is 5.91 Å². The molecule has 0 aliphatic carbocycles. The number of hydrogen-bond acceptors (Lipinski definition) is 1. The minimum atomic E-state index is -0.288. The Kier molecular flexibility index (Phi) is 4.66. The molecule has 2 aromatic rings. The number of hydrogen-bond donors (Lipinski definition) is 1. The van der Waals surface area contributed by atoms with Crippen molar-refractivity contribution < 1.29 is 9.18 Å². The van der Waals surface area contributed by atoms with Crippen molar-refractivity contribution in [2.75, 3.05) is 0 Å². The van der Waals surface area contributed by atoms with Gasteiger partial charge in [-0.1, -0.05) is 42.5 Å².